The van der Waals surface area contributed by atoms with Crippen LogP contribution in [0.2, 0.25) is 0 Å². The van der Waals surface area contributed by atoms with Crippen molar-refractivity contribution >= 4 is 0 Å². The Hall–Kier alpha value is 2.93. The molecule has 356 valence electrons. The van der Waals surface area contributed by atoms with Crippen molar-refractivity contribution in [2.75, 3.05) is 0 Å². The molecule has 0 atom stereocenters. The van der Waals surface area contributed by atoms with Crippen LogP contribution >= 0.6 is 0 Å². The fourth-order valence-corrected chi connectivity index (χ4v) is 0. The van der Waals surface area contributed by atoms with Crippen LogP contribution in [-0.4, -0.2) is 123 Å². The fraction of sp³-hybridized carbons (Fsp3) is 1.00. The molecule has 0 radical (unpaired) electrons. The van der Waals surface area contributed by atoms with Gasteiger partial charge in [0.25, 0.3) is 0 Å². The molecule has 0 saturated carbocycles. The van der Waals surface area contributed by atoms with Gasteiger partial charge < -0.3 is 51.1 Å². The normalized spacial score (nSPS) is 10.9. The van der Waals surface area contributed by atoms with Gasteiger partial charge in [0.2, 0.25) is 0 Å². The number of hydrogen-bond acceptors (Lipinski definition) is 11. The van der Waals surface area contributed by atoms with E-state index in [2.05, 4.69) is 0 Å². The Labute approximate surface area is 454 Å². The van der Waals surface area contributed by atoms with E-state index < -0.39 is 61.1 Å². The SMILES string of the molecule is CC(C)(C)O.CC(C)(C)O.CC(C)(C)O.CC(C)(C)O.CC(C)(C)O.CC(C)(C)O.CC(C)(C)O.CC(C)(C)O.CC(C)(C)O.CC(C)(C)O.O=[N+](O)O.[Ce].[Ce].[Ce]. The molecule has 0 aliphatic carbocycles. The van der Waals surface area contributed by atoms with Gasteiger partial charge in [-0.2, -0.15) is 0 Å². The number of nitrogens with zero attached hydrogens (tertiary/aromatic N) is 1. The summed E-state index contributed by atoms with van der Waals surface area (Å²) >= 11 is 0. The third-order valence-electron chi connectivity index (χ3n) is 0. The van der Waals surface area contributed by atoms with Crippen molar-refractivity contribution in [1.82, 2.24) is 0 Å². The average Bonchev–Trinajstić information content (AvgIpc) is 2.43. The van der Waals surface area contributed by atoms with Gasteiger partial charge in [-0.15, -0.1) is 0 Å². The summed E-state index contributed by atoms with van der Waals surface area (Å²) in [5.41, 5.74) is -5.00. The molecule has 0 rings (SSSR count). The van der Waals surface area contributed by atoms with Gasteiger partial charge in [0.1, 0.15) is 4.91 Å². The van der Waals surface area contributed by atoms with Gasteiger partial charge in [-0.25, -0.2) is 10.4 Å². The van der Waals surface area contributed by atoms with Crippen LogP contribution in [0.25, 0.3) is 0 Å². The van der Waals surface area contributed by atoms with Crippen molar-refractivity contribution in [2.45, 2.75) is 264 Å². The summed E-state index contributed by atoms with van der Waals surface area (Å²) in [6.07, 6.45) is 0. The maximum absolute atomic E-state index is 8.52. The first-order valence-electron chi connectivity index (χ1n) is 17.8. The Balaban J connectivity index is -0.0000000296. The van der Waals surface area contributed by atoms with E-state index in [-0.39, 0.29) is 125 Å². The van der Waals surface area contributed by atoms with Crippen molar-refractivity contribution in [2.24, 2.45) is 0 Å². The van der Waals surface area contributed by atoms with Gasteiger partial charge in [0.05, 0.1) is 56.0 Å². The Morgan fingerprint density at radius 1 is 0.211 bits per heavy atom. The van der Waals surface area contributed by atoms with Crippen LogP contribution in [0, 0.1) is 130 Å². The van der Waals surface area contributed by atoms with Crippen LogP contribution in [0.5, 0.6) is 0 Å². The molecule has 0 unspecified atom stereocenters. The quantitative estimate of drug-likeness (QED) is 0.106. The second kappa shape index (κ2) is 45.5. The molecular formula is C40H102Ce3NO13+. The number of rotatable bonds is 0. The molecule has 14 nitrogen and oxygen atoms in total. The molecule has 0 fully saturated rings. The summed E-state index contributed by atoms with van der Waals surface area (Å²) in [7, 11) is 0. The number of hydrogen-bond donors (Lipinski definition) is 12. The minimum absolute atomic E-state index is 0. The first-order valence-corrected chi connectivity index (χ1v) is 17.8. The van der Waals surface area contributed by atoms with Crippen molar-refractivity contribution in [1.29, 1.82) is 0 Å². The zero-order chi connectivity index (χ0) is 48.6. The molecule has 0 heterocycles. The molecule has 0 aliphatic heterocycles. The fourth-order valence-electron chi connectivity index (χ4n) is 0. The standard InChI is InChI=1S/10C4H10O.3Ce.H2NO3/c10*1-4(2,3)5;;;;2-1(3)4/h10*5H,1-3H3;;;;(H2,2,3,4)/q;;;;;;;;;;;;;+1. The zero-order valence-electron chi connectivity index (χ0n) is 42.7. The van der Waals surface area contributed by atoms with Crippen LogP contribution < -0.4 is 0 Å². The summed E-state index contributed by atoms with van der Waals surface area (Å²) in [4.78, 5) is 8.47. The minimum Gasteiger partial charge on any atom is -0.391 e. The van der Waals surface area contributed by atoms with Crippen molar-refractivity contribution in [3.05, 3.63) is 4.91 Å². The van der Waals surface area contributed by atoms with Gasteiger partial charge in [-0.1, -0.05) is 0 Å². The van der Waals surface area contributed by atoms with E-state index in [1.807, 2.05) is 0 Å². The molecule has 0 aromatic rings. The predicted molar refractivity (Wildman–Crippen MR) is 227 cm³/mol. The molecule has 0 spiro atoms. The van der Waals surface area contributed by atoms with Crippen LogP contribution in [0.3, 0.4) is 0 Å². The van der Waals surface area contributed by atoms with Gasteiger partial charge in [-0.05, 0) is 208 Å². The first kappa shape index (κ1) is 98.7. The van der Waals surface area contributed by atoms with Crippen molar-refractivity contribution in [3.8, 4) is 0 Å². The van der Waals surface area contributed by atoms with E-state index in [9.17, 15) is 0 Å². The Bertz CT molecular complexity index is 502. The van der Waals surface area contributed by atoms with Crippen molar-refractivity contribution < 1.29 is 192 Å². The third kappa shape index (κ3) is 22200. The van der Waals surface area contributed by atoms with E-state index in [0.717, 1.165) is 0 Å². The first-order chi connectivity index (χ1) is 21.7. The van der Waals surface area contributed by atoms with Crippen LogP contribution in [0.4, 0.5) is 0 Å². The van der Waals surface area contributed by atoms with E-state index in [1.165, 1.54) is 0 Å². The van der Waals surface area contributed by atoms with Crippen molar-refractivity contribution in [3.63, 3.8) is 0 Å². The molecule has 0 aromatic heterocycles. The summed E-state index contributed by atoms with van der Waals surface area (Å²) in [6.45, 7) is 52.3. The average molecular weight is 1230 g/mol. The van der Waals surface area contributed by atoms with Gasteiger partial charge in [-0.3, -0.25) is 0 Å². The maximum Gasteiger partial charge on any atom is 0.472 e. The van der Waals surface area contributed by atoms with E-state index in [4.69, 9.17) is 66.4 Å². The molecule has 0 saturated heterocycles. The maximum atomic E-state index is 8.52. The summed E-state index contributed by atoms with van der Waals surface area (Å²) < 4.78 is 0. The van der Waals surface area contributed by atoms with E-state index in [1.54, 1.807) is 208 Å². The summed E-state index contributed by atoms with van der Waals surface area (Å²) in [5.74, 6) is 0. The number of aliphatic hydroxyl groups is 10. The Kier molecular flexibility index (Phi) is 78.7. The third-order valence-corrected chi connectivity index (χ3v) is 0. The van der Waals surface area contributed by atoms with E-state index >= 15 is 0 Å². The molecule has 0 aromatic carbocycles. The summed E-state index contributed by atoms with van der Waals surface area (Å²) in [6, 6.07) is 0. The predicted octanol–water partition coefficient (Wildman–Crippen LogP) is 7.32. The van der Waals surface area contributed by atoms with Gasteiger partial charge in [0.15, 0.2) is 0 Å². The van der Waals surface area contributed by atoms with Crippen LogP contribution in [0.1, 0.15) is 208 Å². The summed E-state index contributed by atoms with van der Waals surface area (Å²) in [5, 5.41) is 97.7. The largest absolute Gasteiger partial charge is 0.472 e. The van der Waals surface area contributed by atoms with Crippen LogP contribution in [0.15, 0.2) is 0 Å². The molecule has 0 amide bonds. The van der Waals surface area contributed by atoms with Crippen LogP contribution in [-0.2, 0) is 0 Å². The Morgan fingerprint density at radius 2 is 0.211 bits per heavy atom. The monoisotopic (exact) mass is 1220 g/mol. The molecule has 17 heteroatoms. The zero-order valence-corrected chi connectivity index (χ0v) is 52.1. The molecule has 0 aliphatic rings. The second-order valence-corrected chi connectivity index (χ2v) is 22.0. The van der Waals surface area contributed by atoms with E-state index in [0.29, 0.717) is 0 Å². The van der Waals surface area contributed by atoms with Gasteiger partial charge >= 0.3 is 5.09 Å². The molecule has 57 heavy (non-hydrogen) atoms. The van der Waals surface area contributed by atoms with Gasteiger partial charge in [0, 0.05) is 125 Å². The Morgan fingerprint density at radius 3 is 0.211 bits per heavy atom. The minimum atomic E-state index is -1.25. The molecular weight excluding hydrogens is 1120 g/mol. The second-order valence-electron chi connectivity index (χ2n) is 22.0. The topological polar surface area (TPSA) is 263 Å². The molecule has 0 bridgehead atoms. The molecule has 12 N–H and O–H groups in total. The smallest absolute Gasteiger partial charge is 0.391 e.